The molecule has 0 bridgehead atoms. The van der Waals surface area contributed by atoms with E-state index in [1.165, 1.54) is 12.8 Å². The number of hydrogen-bond acceptors (Lipinski definition) is 4. The molecule has 1 fully saturated rings. The summed E-state index contributed by atoms with van der Waals surface area (Å²) in [5.41, 5.74) is 1.80. The van der Waals surface area contributed by atoms with Crippen LogP contribution in [0.2, 0.25) is 0 Å². The first-order valence-corrected chi connectivity index (χ1v) is 10.1. The van der Waals surface area contributed by atoms with Gasteiger partial charge in [0.15, 0.2) is 11.5 Å². The van der Waals surface area contributed by atoms with Gasteiger partial charge >= 0.3 is 0 Å². The number of carbonyl (C=O) groups is 1. The Hall–Kier alpha value is -2.30. The summed E-state index contributed by atoms with van der Waals surface area (Å²) in [4.78, 5) is 13.2. The fourth-order valence-corrected chi connectivity index (χ4v) is 4.68. The fourth-order valence-electron chi connectivity index (χ4n) is 4.68. The minimum absolute atomic E-state index is 0.0463. The van der Waals surface area contributed by atoms with Crippen LogP contribution in [0.25, 0.3) is 0 Å². The van der Waals surface area contributed by atoms with Crippen molar-refractivity contribution in [2.45, 2.75) is 57.4 Å². The lowest BCUT2D eigenvalue weighted by molar-refractivity contribution is -0.140. The zero-order valence-corrected chi connectivity index (χ0v) is 15.9. The van der Waals surface area contributed by atoms with Crippen molar-refractivity contribution in [2.24, 2.45) is 16.9 Å². The van der Waals surface area contributed by atoms with Gasteiger partial charge in [-0.3, -0.25) is 4.79 Å². The molecule has 0 radical (unpaired) electrons. The summed E-state index contributed by atoms with van der Waals surface area (Å²) in [5.74, 6) is 0.774. The van der Waals surface area contributed by atoms with Crippen molar-refractivity contribution in [3.63, 3.8) is 0 Å². The number of phenols is 1. The van der Waals surface area contributed by atoms with Gasteiger partial charge in [-0.25, -0.2) is 5.01 Å². The molecule has 2 atom stereocenters. The predicted molar refractivity (Wildman–Crippen MR) is 105 cm³/mol. The topological polar surface area (TPSA) is 62.1 Å². The van der Waals surface area contributed by atoms with Crippen molar-refractivity contribution < 1.29 is 14.6 Å². The lowest BCUT2D eigenvalue weighted by Gasteiger charge is -2.40. The van der Waals surface area contributed by atoms with Crippen LogP contribution in [0.15, 0.2) is 35.5 Å². The van der Waals surface area contributed by atoms with E-state index in [-0.39, 0.29) is 29.5 Å². The number of fused-ring (bicyclic) bond motifs is 1. The molecular weight excluding hydrogens is 340 g/mol. The number of benzene rings is 1. The molecule has 0 aromatic heterocycles. The van der Waals surface area contributed by atoms with E-state index in [9.17, 15) is 9.90 Å². The first-order chi connectivity index (χ1) is 13.2. The van der Waals surface area contributed by atoms with Crippen LogP contribution in [0.3, 0.4) is 0 Å². The molecule has 144 valence electrons. The van der Waals surface area contributed by atoms with Crippen molar-refractivity contribution in [1.82, 2.24) is 5.01 Å². The maximum atomic E-state index is 13.2. The molecule has 1 heterocycles. The van der Waals surface area contributed by atoms with Crippen LogP contribution in [0.1, 0.15) is 56.9 Å². The quantitative estimate of drug-likeness (QED) is 0.641. The van der Waals surface area contributed by atoms with Crippen LogP contribution < -0.4 is 4.74 Å². The van der Waals surface area contributed by atoms with Crippen molar-refractivity contribution in [2.75, 3.05) is 7.11 Å². The summed E-state index contributed by atoms with van der Waals surface area (Å²) < 4.78 is 5.18. The fraction of sp³-hybridized carbons (Fsp3) is 0.545. The van der Waals surface area contributed by atoms with Gasteiger partial charge < -0.3 is 9.84 Å². The zero-order valence-electron chi connectivity index (χ0n) is 15.9. The second kappa shape index (κ2) is 7.75. The average molecular weight is 368 g/mol. The van der Waals surface area contributed by atoms with Gasteiger partial charge in [-0.05, 0) is 43.9 Å². The van der Waals surface area contributed by atoms with Crippen LogP contribution in [-0.2, 0) is 4.79 Å². The highest BCUT2D eigenvalue weighted by molar-refractivity contribution is 6.07. The van der Waals surface area contributed by atoms with Gasteiger partial charge in [0.2, 0.25) is 5.91 Å². The van der Waals surface area contributed by atoms with Gasteiger partial charge in [0, 0.05) is 11.5 Å². The largest absolute Gasteiger partial charge is 0.504 e. The molecule has 1 saturated carbocycles. The number of allylic oxidation sites excluding steroid dienone is 2. The van der Waals surface area contributed by atoms with E-state index < -0.39 is 0 Å². The molecule has 2 aliphatic carbocycles. The highest BCUT2D eigenvalue weighted by atomic mass is 16.5. The highest BCUT2D eigenvalue weighted by Crippen LogP contribution is 2.38. The minimum Gasteiger partial charge on any atom is -0.504 e. The minimum atomic E-state index is -0.0463. The number of amides is 1. The third kappa shape index (κ3) is 3.47. The molecule has 1 aliphatic heterocycles. The molecule has 1 N–H and O–H groups in total. The number of phenolic OH excluding ortho intramolecular Hbond substituents is 1. The summed E-state index contributed by atoms with van der Waals surface area (Å²) in [7, 11) is 1.54. The molecule has 0 spiro atoms. The predicted octanol–water partition coefficient (Wildman–Crippen LogP) is 4.25. The Kier molecular flexibility index (Phi) is 5.19. The van der Waals surface area contributed by atoms with Gasteiger partial charge in [0.1, 0.15) is 0 Å². The summed E-state index contributed by atoms with van der Waals surface area (Å²) in [6.07, 6.45) is 12.7. The smallest absolute Gasteiger partial charge is 0.247 e. The summed E-state index contributed by atoms with van der Waals surface area (Å²) in [5, 5.41) is 16.9. The molecule has 2 unspecified atom stereocenters. The normalized spacial score (nSPS) is 26.3. The second-order valence-corrected chi connectivity index (χ2v) is 7.86. The molecular formula is C22H28N2O3. The molecule has 0 saturated heterocycles. The van der Waals surface area contributed by atoms with E-state index in [1.807, 2.05) is 6.07 Å². The lowest BCUT2D eigenvalue weighted by Crippen LogP contribution is -2.49. The Labute approximate surface area is 160 Å². The van der Waals surface area contributed by atoms with E-state index in [2.05, 4.69) is 12.2 Å². The first kappa shape index (κ1) is 18.1. The van der Waals surface area contributed by atoms with Crippen LogP contribution in [0.4, 0.5) is 0 Å². The number of hydrogen-bond donors (Lipinski definition) is 1. The Morgan fingerprint density at radius 1 is 1.07 bits per heavy atom. The van der Waals surface area contributed by atoms with Crippen LogP contribution in [0, 0.1) is 11.8 Å². The SMILES string of the molecule is COc1ccc(C2=NN(C3CCCCCC3)C(=O)C3CC=CCC23)cc1O. The molecule has 1 aromatic carbocycles. The second-order valence-electron chi connectivity index (χ2n) is 7.86. The van der Waals surface area contributed by atoms with Crippen LogP contribution in [0.5, 0.6) is 11.5 Å². The molecule has 5 heteroatoms. The Morgan fingerprint density at radius 2 is 1.78 bits per heavy atom. The summed E-state index contributed by atoms with van der Waals surface area (Å²) in [6.45, 7) is 0. The molecule has 3 aliphatic rings. The van der Waals surface area contributed by atoms with E-state index >= 15 is 0 Å². The highest BCUT2D eigenvalue weighted by Gasteiger charge is 2.42. The third-order valence-corrected chi connectivity index (χ3v) is 6.19. The summed E-state index contributed by atoms with van der Waals surface area (Å²) in [6, 6.07) is 5.63. The number of methoxy groups -OCH3 is 1. The van der Waals surface area contributed by atoms with Gasteiger partial charge in [0.25, 0.3) is 0 Å². The lowest BCUT2D eigenvalue weighted by atomic mass is 9.76. The van der Waals surface area contributed by atoms with Gasteiger partial charge in [-0.1, -0.05) is 37.8 Å². The van der Waals surface area contributed by atoms with Gasteiger partial charge in [-0.15, -0.1) is 0 Å². The molecule has 1 amide bonds. The van der Waals surface area contributed by atoms with Gasteiger partial charge in [-0.2, -0.15) is 5.10 Å². The Bertz CT molecular complexity index is 763. The van der Waals surface area contributed by atoms with E-state index in [1.54, 1.807) is 24.3 Å². The molecule has 27 heavy (non-hydrogen) atoms. The number of aromatic hydroxyl groups is 1. The monoisotopic (exact) mass is 368 g/mol. The Morgan fingerprint density at radius 3 is 2.44 bits per heavy atom. The van der Waals surface area contributed by atoms with E-state index in [4.69, 9.17) is 9.84 Å². The third-order valence-electron chi connectivity index (χ3n) is 6.19. The maximum absolute atomic E-state index is 13.2. The number of nitrogens with zero attached hydrogens (tertiary/aromatic N) is 2. The van der Waals surface area contributed by atoms with Gasteiger partial charge in [0.05, 0.1) is 24.8 Å². The number of hydrazone groups is 1. The number of ether oxygens (including phenoxy) is 1. The Balaban J connectivity index is 1.73. The number of carbonyl (C=O) groups excluding carboxylic acids is 1. The summed E-state index contributed by atoms with van der Waals surface area (Å²) >= 11 is 0. The van der Waals surface area contributed by atoms with E-state index in [0.717, 1.165) is 49.8 Å². The van der Waals surface area contributed by atoms with Crippen molar-refractivity contribution in [3.8, 4) is 11.5 Å². The average Bonchev–Trinajstić information content (AvgIpc) is 2.98. The van der Waals surface area contributed by atoms with Crippen LogP contribution >= 0.6 is 0 Å². The molecule has 1 aromatic rings. The van der Waals surface area contributed by atoms with Crippen LogP contribution in [-0.4, -0.2) is 34.9 Å². The molecule has 5 nitrogen and oxygen atoms in total. The maximum Gasteiger partial charge on any atom is 0.247 e. The van der Waals surface area contributed by atoms with E-state index in [0.29, 0.717) is 5.75 Å². The standard InChI is InChI=1S/C22H28N2O3/c1-27-20-13-12-15(14-19(20)25)21-17-10-6-7-11-18(17)22(26)24(23-21)16-8-4-2-3-5-9-16/h6-7,12-14,16-18,25H,2-5,8-11H2,1H3. The van der Waals surface area contributed by atoms with Crippen molar-refractivity contribution in [3.05, 3.63) is 35.9 Å². The van der Waals surface area contributed by atoms with Crippen molar-refractivity contribution >= 4 is 11.6 Å². The molecule has 4 rings (SSSR count). The number of rotatable bonds is 3. The zero-order chi connectivity index (χ0) is 18.8. The van der Waals surface area contributed by atoms with Crippen molar-refractivity contribution in [1.29, 1.82) is 0 Å². The first-order valence-electron chi connectivity index (χ1n) is 10.1.